The average molecular weight is 368 g/mol. The molecule has 0 fully saturated rings. The third-order valence-corrected chi connectivity index (χ3v) is 3.71. The number of hydrogen-bond acceptors (Lipinski definition) is 5. The molecule has 140 valence electrons. The fraction of sp³-hybridized carbons (Fsp3) is 0.200. The van der Waals surface area contributed by atoms with Gasteiger partial charge in [0.2, 0.25) is 6.10 Å². The Morgan fingerprint density at radius 3 is 2.07 bits per heavy atom. The van der Waals surface area contributed by atoms with Gasteiger partial charge in [-0.2, -0.15) is 0 Å². The molecule has 0 aliphatic carbocycles. The number of hydrogen-bond donors (Lipinski definition) is 2. The molecule has 0 unspecified atom stereocenters. The lowest BCUT2D eigenvalue weighted by Crippen LogP contribution is -2.41. The first-order chi connectivity index (χ1) is 13.0. The van der Waals surface area contributed by atoms with Crippen LogP contribution in [0.5, 0.6) is 0 Å². The second-order valence-electron chi connectivity index (χ2n) is 5.64. The Bertz CT molecular complexity index is 806. The Hall–Kier alpha value is -3.48. The van der Waals surface area contributed by atoms with Crippen molar-refractivity contribution in [3.05, 3.63) is 71.8 Å². The van der Waals surface area contributed by atoms with Crippen LogP contribution in [0.25, 0.3) is 0 Å². The fourth-order valence-electron chi connectivity index (χ4n) is 2.32. The number of amides is 3. The Kier molecular flexibility index (Phi) is 7.25. The van der Waals surface area contributed by atoms with Crippen LogP contribution in [0.15, 0.2) is 60.7 Å². The Morgan fingerprint density at radius 2 is 1.48 bits per heavy atom. The highest BCUT2D eigenvalue weighted by atomic mass is 16.5. The second kappa shape index (κ2) is 9.86. The first-order valence-electron chi connectivity index (χ1n) is 8.36. The summed E-state index contributed by atoms with van der Waals surface area (Å²) in [5.74, 6) is -1.68. The van der Waals surface area contributed by atoms with Crippen molar-refractivity contribution in [2.24, 2.45) is 0 Å². The minimum absolute atomic E-state index is 0.0403. The largest absolute Gasteiger partial charge is 0.447 e. The molecule has 0 bridgehead atoms. The van der Waals surface area contributed by atoms with Crippen molar-refractivity contribution in [1.82, 2.24) is 10.6 Å². The van der Waals surface area contributed by atoms with Gasteiger partial charge in [-0.25, -0.2) is 4.79 Å². The molecule has 0 saturated carbocycles. The first kappa shape index (κ1) is 19.8. The molecule has 0 heterocycles. The van der Waals surface area contributed by atoms with E-state index in [4.69, 9.17) is 4.74 Å². The summed E-state index contributed by atoms with van der Waals surface area (Å²) in [5.41, 5.74) is 0.920. The maximum atomic E-state index is 12.3. The summed E-state index contributed by atoms with van der Waals surface area (Å²) in [7, 11) is 1.36. The molecule has 0 saturated heterocycles. The smallest absolute Gasteiger partial charge is 0.321 e. The molecule has 2 aromatic rings. The number of rotatable bonds is 7. The van der Waals surface area contributed by atoms with E-state index in [1.807, 2.05) is 0 Å². The Balaban J connectivity index is 2.01. The van der Waals surface area contributed by atoms with E-state index in [-0.39, 0.29) is 18.6 Å². The highest BCUT2D eigenvalue weighted by Gasteiger charge is 2.26. The molecule has 2 N–H and O–H groups in total. The van der Waals surface area contributed by atoms with Crippen LogP contribution in [0.1, 0.15) is 34.9 Å². The van der Waals surface area contributed by atoms with E-state index in [9.17, 15) is 19.2 Å². The number of esters is 1. The highest BCUT2D eigenvalue weighted by Crippen LogP contribution is 2.19. The van der Waals surface area contributed by atoms with Crippen LogP contribution in [0.4, 0.5) is 4.79 Å². The molecule has 0 radical (unpaired) electrons. The van der Waals surface area contributed by atoms with Gasteiger partial charge in [0, 0.05) is 24.6 Å². The van der Waals surface area contributed by atoms with Crippen molar-refractivity contribution in [3.8, 4) is 0 Å². The van der Waals surface area contributed by atoms with Crippen molar-refractivity contribution in [2.45, 2.75) is 18.9 Å². The van der Waals surface area contributed by atoms with Crippen molar-refractivity contribution < 1.29 is 23.9 Å². The normalized spacial score (nSPS) is 11.1. The standard InChI is InChI=1S/C20H20N2O5/c1-21-20(26)22-19(25)18(15-10-6-3-7-11-15)27-17(24)13-12-16(23)14-8-4-2-5-9-14/h2-11,18H,12-13H2,1H3,(H2,21,22,25,26)/t18-/m0/s1. The summed E-state index contributed by atoms with van der Waals surface area (Å²) in [6, 6.07) is 16.2. The zero-order chi connectivity index (χ0) is 19.6. The number of Topliss-reactive ketones (excluding diaryl/α,β-unsaturated/α-hetero) is 1. The van der Waals surface area contributed by atoms with Crippen LogP contribution < -0.4 is 10.6 Å². The highest BCUT2D eigenvalue weighted by molar-refractivity contribution is 5.99. The molecule has 7 nitrogen and oxygen atoms in total. The molecule has 0 aliphatic heterocycles. The van der Waals surface area contributed by atoms with Crippen LogP contribution in [-0.4, -0.2) is 30.7 Å². The maximum Gasteiger partial charge on any atom is 0.321 e. The SMILES string of the molecule is CNC(=O)NC(=O)[C@@H](OC(=O)CCC(=O)c1ccccc1)c1ccccc1. The molecule has 3 amide bonds. The Morgan fingerprint density at radius 1 is 0.889 bits per heavy atom. The molecule has 1 atom stereocenters. The Labute approximate surface area is 156 Å². The van der Waals surface area contributed by atoms with Gasteiger partial charge >= 0.3 is 12.0 Å². The van der Waals surface area contributed by atoms with Gasteiger partial charge in [0.05, 0.1) is 6.42 Å². The lowest BCUT2D eigenvalue weighted by atomic mass is 10.1. The summed E-state index contributed by atoms with van der Waals surface area (Å²) in [5, 5.41) is 4.35. The van der Waals surface area contributed by atoms with Gasteiger partial charge in [-0.05, 0) is 0 Å². The van der Waals surface area contributed by atoms with Crippen LogP contribution in [0.3, 0.4) is 0 Å². The van der Waals surface area contributed by atoms with E-state index in [0.29, 0.717) is 11.1 Å². The molecular weight excluding hydrogens is 348 g/mol. The zero-order valence-corrected chi connectivity index (χ0v) is 14.8. The molecule has 27 heavy (non-hydrogen) atoms. The van der Waals surface area contributed by atoms with Gasteiger partial charge in [0.1, 0.15) is 0 Å². The van der Waals surface area contributed by atoms with Crippen LogP contribution in [0.2, 0.25) is 0 Å². The van der Waals surface area contributed by atoms with Crippen LogP contribution in [0, 0.1) is 0 Å². The fourth-order valence-corrected chi connectivity index (χ4v) is 2.32. The van der Waals surface area contributed by atoms with Crippen molar-refractivity contribution in [3.63, 3.8) is 0 Å². The van der Waals surface area contributed by atoms with Crippen LogP contribution in [-0.2, 0) is 14.3 Å². The van der Waals surface area contributed by atoms with Crippen LogP contribution >= 0.6 is 0 Å². The predicted molar refractivity (Wildman–Crippen MR) is 97.9 cm³/mol. The van der Waals surface area contributed by atoms with Gasteiger partial charge in [0.25, 0.3) is 5.91 Å². The maximum absolute atomic E-state index is 12.3. The second-order valence-corrected chi connectivity index (χ2v) is 5.64. The summed E-state index contributed by atoms with van der Waals surface area (Å²) in [4.78, 5) is 47.9. The van der Waals surface area contributed by atoms with Crippen molar-refractivity contribution >= 4 is 23.7 Å². The minimum Gasteiger partial charge on any atom is -0.447 e. The molecule has 0 spiro atoms. The third kappa shape index (κ3) is 6.07. The molecule has 0 aromatic heterocycles. The minimum atomic E-state index is -1.29. The lowest BCUT2D eigenvalue weighted by molar-refractivity contribution is -0.156. The number of benzene rings is 2. The van der Waals surface area contributed by atoms with Gasteiger partial charge in [-0.3, -0.25) is 19.7 Å². The van der Waals surface area contributed by atoms with Gasteiger partial charge in [0.15, 0.2) is 5.78 Å². The van der Waals surface area contributed by atoms with Gasteiger partial charge in [-0.15, -0.1) is 0 Å². The summed E-state index contributed by atoms with van der Waals surface area (Å²) in [6.45, 7) is 0. The average Bonchev–Trinajstić information content (AvgIpc) is 2.71. The zero-order valence-electron chi connectivity index (χ0n) is 14.8. The number of urea groups is 1. The molecule has 2 aromatic carbocycles. The number of carbonyl (C=O) groups is 4. The number of ketones is 1. The summed E-state index contributed by atoms with van der Waals surface area (Å²) in [6.07, 6.45) is -1.51. The number of carbonyl (C=O) groups excluding carboxylic acids is 4. The number of ether oxygens (including phenoxy) is 1. The first-order valence-corrected chi connectivity index (χ1v) is 8.36. The van der Waals surface area contributed by atoms with E-state index in [0.717, 1.165) is 0 Å². The monoisotopic (exact) mass is 368 g/mol. The molecule has 7 heteroatoms. The van der Waals surface area contributed by atoms with E-state index >= 15 is 0 Å². The molecule has 0 aliphatic rings. The molecule has 2 rings (SSSR count). The quantitative estimate of drug-likeness (QED) is 0.577. The van der Waals surface area contributed by atoms with E-state index in [1.54, 1.807) is 60.7 Å². The van der Waals surface area contributed by atoms with Crippen molar-refractivity contribution in [1.29, 1.82) is 0 Å². The van der Waals surface area contributed by atoms with Gasteiger partial charge < -0.3 is 10.1 Å². The lowest BCUT2D eigenvalue weighted by Gasteiger charge is -2.17. The summed E-state index contributed by atoms with van der Waals surface area (Å²) >= 11 is 0. The van der Waals surface area contributed by atoms with E-state index in [1.165, 1.54) is 7.05 Å². The topological polar surface area (TPSA) is 102 Å². The molecular formula is C20H20N2O5. The van der Waals surface area contributed by atoms with Crippen molar-refractivity contribution in [2.75, 3.05) is 7.05 Å². The third-order valence-electron chi connectivity index (χ3n) is 3.71. The number of imide groups is 1. The van der Waals surface area contributed by atoms with E-state index < -0.39 is 24.0 Å². The van der Waals surface area contributed by atoms with Gasteiger partial charge in [-0.1, -0.05) is 60.7 Å². The van der Waals surface area contributed by atoms with E-state index in [2.05, 4.69) is 10.6 Å². The summed E-state index contributed by atoms with van der Waals surface area (Å²) < 4.78 is 5.25. The predicted octanol–water partition coefficient (Wildman–Crippen LogP) is 2.39. The number of nitrogens with one attached hydrogen (secondary N) is 2.